The summed E-state index contributed by atoms with van der Waals surface area (Å²) >= 11 is 3.44. The fourth-order valence-electron chi connectivity index (χ4n) is 2.46. The molecule has 0 radical (unpaired) electrons. The van der Waals surface area contributed by atoms with E-state index in [4.69, 9.17) is 18.9 Å². The van der Waals surface area contributed by atoms with Crippen LogP contribution in [0.1, 0.15) is 25.8 Å². The summed E-state index contributed by atoms with van der Waals surface area (Å²) in [6.45, 7) is 4.41. The zero-order valence-corrected chi connectivity index (χ0v) is 17.7. The quantitative estimate of drug-likeness (QED) is 0.419. The molecule has 0 aromatic heterocycles. The second-order valence-corrected chi connectivity index (χ2v) is 7.26. The summed E-state index contributed by atoms with van der Waals surface area (Å²) in [4.78, 5) is 12.6. The molecule has 2 aromatic rings. The van der Waals surface area contributed by atoms with Crippen molar-refractivity contribution in [2.75, 3.05) is 27.4 Å². The monoisotopic (exact) mass is 436 g/mol. The van der Waals surface area contributed by atoms with Crippen LogP contribution in [0, 0.1) is 0 Å². The number of para-hydroxylation sites is 1. The highest BCUT2D eigenvalue weighted by atomic mass is 79.9. The minimum absolute atomic E-state index is 0.292. The van der Waals surface area contributed by atoms with E-state index in [0.717, 1.165) is 11.3 Å². The number of hydrogen-bond acceptors (Lipinski definition) is 5. The van der Waals surface area contributed by atoms with Crippen molar-refractivity contribution in [2.45, 2.75) is 25.7 Å². The lowest BCUT2D eigenvalue weighted by molar-refractivity contribution is -0.149. The van der Waals surface area contributed by atoms with E-state index in [1.807, 2.05) is 56.3 Å². The molecular weight excluding hydrogens is 412 g/mol. The zero-order chi connectivity index (χ0) is 19.9. The van der Waals surface area contributed by atoms with E-state index >= 15 is 0 Å². The van der Waals surface area contributed by atoms with Gasteiger partial charge < -0.3 is 18.9 Å². The highest BCUT2D eigenvalue weighted by molar-refractivity contribution is 9.10. The average Bonchev–Trinajstić information content (AvgIpc) is 2.68. The van der Waals surface area contributed by atoms with Gasteiger partial charge in [-0.25, -0.2) is 0 Å². The topological polar surface area (TPSA) is 54.0 Å². The predicted molar refractivity (Wildman–Crippen MR) is 108 cm³/mol. The summed E-state index contributed by atoms with van der Waals surface area (Å²) in [6.07, 6.45) is 0.615. The molecule has 0 aliphatic carbocycles. The fourth-order valence-corrected chi connectivity index (χ4v) is 3.01. The third-order valence-corrected chi connectivity index (χ3v) is 4.99. The van der Waals surface area contributed by atoms with Crippen LogP contribution in [-0.4, -0.2) is 33.4 Å². The van der Waals surface area contributed by atoms with Gasteiger partial charge in [-0.15, -0.1) is 0 Å². The molecule has 0 spiro atoms. The molecule has 0 N–H and O–H groups in total. The standard InChI is InChI=1S/C21H25BrO5/c1-21(2,15-13-17(24-3)19(22)18(14-15)25-4)20(23)27-12-8-11-26-16-9-6-5-7-10-16/h5-7,9-10,13-14H,8,11-12H2,1-4H3. The van der Waals surface area contributed by atoms with Gasteiger partial charge in [-0.3, -0.25) is 4.79 Å². The van der Waals surface area contributed by atoms with Gasteiger partial charge in [0.2, 0.25) is 0 Å². The van der Waals surface area contributed by atoms with Crippen LogP contribution < -0.4 is 14.2 Å². The molecule has 0 unspecified atom stereocenters. The van der Waals surface area contributed by atoms with Gasteiger partial charge >= 0.3 is 5.97 Å². The molecule has 2 rings (SSSR count). The minimum atomic E-state index is -0.846. The van der Waals surface area contributed by atoms with Gasteiger partial charge in [0.05, 0.1) is 32.8 Å². The summed E-state index contributed by atoms with van der Waals surface area (Å²) < 4.78 is 22.5. The molecular formula is C21H25BrO5. The Morgan fingerprint density at radius 3 is 2.15 bits per heavy atom. The molecule has 27 heavy (non-hydrogen) atoms. The third kappa shape index (κ3) is 5.39. The Morgan fingerprint density at radius 2 is 1.59 bits per heavy atom. The van der Waals surface area contributed by atoms with Gasteiger partial charge in [0.1, 0.15) is 21.7 Å². The summed E-state index contributed by atoms with van der Waals surface area (Å²) in [7, 11) is 3.14. The molecule has 0 heterocycles. The van der Waals surface area contributed by atoms with E-state index in [1.165, 1.54) is 0 Å². The maximum Gasteiger partial charge on any atom is 0.315 e. The molecule has 5 nitrogen and oxygen atoms in total. The van der Waals surface area contributed by atoms with Gasteiger partial charge in [-0.1, -0.05) is 18.2 Å². The summed E-state index contributed by atoms with van der Waals surface area (Å²) in [5.41, 5.74) is -0.0911. The van der Waals surface area contributed by atoms with E-state index in [1.54, 1.807) is 14.2 Å². The molecule has 0 saturated carbocycles. The van der Waals surface area contributed by atoms with Crippen LogP contribution in [-0.2, 0) is 14.9 Å². The lowest BCUT2D eigenvalue weighted by Crippen LogP contribution is -2.31. The van der Waals surface area contributed by atoms with Crippen molar-refractivity contribution in [1.82, 2.24) is 0 Å². The van der Waals surface area contributed by atoms with Crippen LogP contribution >= 0.6 is 15.9 Å². The molecule has 0 fully saturated rings. The first-order chi connectivity index (χ1) is 12.9. The molecule has 0 aliphatic rings. The van der Waals surface area contributed by atoms with Gasteiger partial charge in [-0.2, -0.15) is 0 Å². The molecule has 0 atom stereocenters. The number of methoxy groups -OCH3 is 2. The largest absolute Gasteiger partial charge is 0.495 e. The second kappa shape index (κ2) is 9.65. The smallest absolute Gasteiger partial charge is 0.315 e. The number of rotatable bonds is 9. The van der Waals surface area contributed by atoms with Crippen molar-refractivity contribution >= 4 is 21.9 Å². The average molecular weight is 437 g/mol. The van der Waals surface area contributed by atoms with Gasteiger partial charge in [0.15, 0.2) is 0 Å². The Hall–Kier alpha value is -2.21. The predicted octanol–water partition coefficient (Wildman–Crippen LogP) is 4.76. The van der Waals surface area contributed by atoms with Crippen molar-refractivity contribution in [3.05, 3.63) is 52.5 Å². The highest BCUT2D eigenvalue weighted by Crippen LogP contribution is 2.39. The van der Waals surface area contributed by atoms with Crippen LogP contribution in [0.3, 0.4) is 0 Å². The number of ether oxygens (including phenoxy) is 4. The number of esters is 1. The first-order valence-electron chi connectivity index (χ1n) is 8.67. The SMILES string of the molecule is COc1cc(C(C)(C)C(=O)OCCCOc2ccccc2)cc(OC)c1Br. The van der Waals surface area contributed by atoms with Crippen LogP contribution in [0.2, 0.25) is 0 Å². The first-order valence-corrected chi connectivity index (χ1v) is 9.46. The number of hydrogen-bond donors (Lipinski definition) is 0. The lowest BCUT2D eigenvalue weighted by atomic mass is 9.84. The van der Waals surface area contributed by atoms with Gasteiger partial charge in [0, 0.05) is 6.42 Å². The third-order valence-electron chi connectivity index (χ3n) is 4.21. The van der Waals surface area contributed by atoms with Crippen molar-refractivity contribution in [1.29, 1.82) is 0 Å². The Balaban J connectivity index is 1.94. The molecule has 146 valence electrons. The number of carbonyl (C=O) groups excluding carboxylic acids is 1. The van der Waals surface area contributed by atoms with Gasteiger partial charge in [0.25, 0.3) is 0 Å². The first kappa shape index (κ1) is 21.1. The molecule has 0 bridgehead atoms. The normalized spacial score (nSPS) is 11.0. The molecule has 0 aliphatic heterocycles. The Labute approximate surface area is 168 Å². The fraction of sp³-hybridized carbons (Fsp3) is 0.381. The maximum atomic E-state index is 12.6. The van der Waals surface area contributed by atoms with Crippen LogP contribution in [0.25, 0.3) is 0 Å². The lowest BCUT2D eigenvalue weighted by Gasteiger charge is -2.24. The van der Waals surface area contributed by atoms with E-state index in [9.17, 15) is 4.79 Å². The molecule has 0 amide bonds. The van der Waals surface area contributed by atoms with Crippen LogP contribution in [0.15, 0.2) is 46.9 Å². The van der Waals surface area contributed by atoms with Gasteiger partial charge in [-0.05, 0) is 59.6 Å². The van der Waals surface area contributed by atoms with Crippen LogP contribution in [0.5, 0.6) is 17.2 Å². The van der Waals surface area contributed by atoms with Crippen LogP contribution in [0.4, 0.5) is 0 Å². The maximum absolute atomic E-state index is 12.6. The van der Waals surface area contributed by atoms with Crippen molar-refractivity contribution in [3.63, 3.8) is 0 Å². The number of carbonyl (C=O) groups is 1. The minimum Gasteiger partial charge on any atom is -0.495 e. The second-order valence-electron chi connectivity index (χ2n) is 6.47. The Bertz CT molecular complexity index is 733. The van der Waals surface area contributed by atoms with E-state index in [-0.39, 0.29) is 5.97 Å². The Morgan fingerprint density at radius 1 is 1.00 bits per heavy atom. The molecule has 2 aromatic carbocycles. The number of halogens is 1. The van der Waals surface area contributed by atoms with Crippen molar-refractivity contribution in [3.8, 4) is 17.2 Å². The highest BCUT2D eigenvalue weighted by Gasteiger charge is 2.33. The Kier molecular flexibility index (Phi) is 7.54. The van der Waals surface area contributed by atoms with E-state index < -0.39 is 5.41 Å². The molecule has 6 heteroatoms. The van der Waals surface area contributed by atoms with E-state index in [2.05, 4.69) is 15.9 Å². The number of benzene rings is 2. The zero-order valence-electron chi connectivity index (χ0n) is 16.1. The van der Waals surface area contributed by atoms with E-state index in [0.29, 0.717) is 35.6 Å². The van der Waals surface area contributed by atoms with Crippen molar-refractivity contribution in [2.24, 2.45) is 0 Å². The summed E-state index contributed by atoms with van der Waals surface area (Å²) in [5, 5.41) is 0. The summed E-state index contributed by atoms with van der Waals surface area (Å²) in [5.74, 6) is 1.69. The molecule has 0 saturated heterocycles. The van der Waals surface area contributed by atoms with Crippen molar-refractivity contribution < 1.29 is 23.7 Å². The summed E-state index contributed by atoms with van der Waals surface area (Å²) in [6, 6.07) is 13.2.